The van der Waals surface area contributed by atoms with Crippen molar-refractivity contribution in [1.82, 2.24) is 19.5 Å². The van der Waals surface area contributed by atoms with Crippen LogP contribution in [0.2, 0.25) is 0 Å². The quantitative estimate of drug-likeness (QED) is 0.414. The molecule has 0 radical (unpaired) electrons. The second-order valence-electron chi connectivity index (χ2n) is 6.57. The summed E-state index contributed by atoms with van der Waals surface area (Å²) in [5.41, 5.74) is 1.75. The zero-order valence-electron chi connectivity index (χ0n) is 13.6. The van der Waals surface area contributed by atoms with Gasteiger partial charge in [-0.05, 0) is 24.5 Å². The molecule has 2 unspecified atom stereocenters. The van der Waals surface area contributed by atoms with Crippen LogP contribution in [0.15, 0.2) is 29.0 Å². The number of aromatic nitrogens is 5. The highest BCUT2D eigenvalue weighted by atomic mass is 19.1. The van der Waals surface area contributed by atoms with Gasteiger partial charge in [0, 0.05) is 12.8 Å². The van der Waals surface area contributed by atoms with E-state index in [1.54, 1.807) is 29.8 Å². The van der Waals surface area contributed by atoms with Crippen molar-refractivity contribution in [2.24, 2.45) is 5.92 Å². The van der Waals surface area contributed by atoms with Crippen molar-refractivity contribution in [2.75, 3.05) is 0 Å². The van der Waals surface area contributed by atoms with E-state index in [0.717, 1.165) is 6.42 Å². The fourth-order valence-corrected chi connectivity index (χ4v) is 3.35. The SMILES string of the molecule is Cc1c2c(-c3noc(C4CC4C)n3)ncn2c2cccc(F)c2[n+]1[O-]. The number of aryl methyl sites for hydroxylation is 1. The molecule has 3 heterocycles. The van der Waals surface area contributed by atoms with Crippen molar-refractivity contribution in [1.29, 1.82) is 0 Å². The van der Waals surface area contributed by atoms with Crippen molar-refractivity contribution in [3.05, 3.63) is 47.1 Å². The van der Waals surface area contributed by atoms with E-state index in [2.05, 4.69) is 22.0 Å². The van der Waals surface area contributed by atoms with Crippen LogP contribution in [0.4, 0.5) is 4.39 Å². The van der Waals surface area contributed by atoms with Crippen LogP contribution in [0.1, 0.15) is 30.8 Å². The summed E-state index contributed by atoms with van der Waals surface area (Å²) in [5.74, 6) is 1.22. The molecule has 25 heavy (non-hydrogen) atoms. The van der Waals surface area contributed by atoms with E-state index in [9.17, 15) is 9.60 Å². The van der Waals surface area contributed by atoms with Crippen molar-refractivity contribution >= 4 is 16.6 Å². The van der Waals surface area contributed by atoms with Gasteiger partial charge in [-0.3, -0.25) is 4.40 Å². The maximum Gasteiger partial charge on any atom is 0.277 e. The molecule has 0 bridgehead atoms. The van der Waals surface area contributed by atoms with Crippen LogP contribution in [0.3, 0.4) is 0 Å². The number of benzene rings is 1. The van der Waals surface area contributed by atoms with E-state index in [-0.39, 0.29) is 5.52 Å². The summed E-state index contributed by atoms with van der Waals surface area (Å²) in [5, 5.41) is 16.6. The molecule has 2 atom stereocenters. The molecule has 1 aromatic carbocycles. The molecule has 5 rings (SSSR count). The number of para-hydroxylation sites is 1. The third kappa shape index (κ3) is 1.90. The molecule has 0 spiro atoms. The normalized spacial score (nSPS) is 19.8. The predicted molar refractivity (Wildman–Crippen MR) is 86.2 cm³/mol. The second kappa shape index (κ2) is 4.75. The van der Waals surface area contributed by atoms with Gasteiger partial charge in [-0.25, -0.2) is 4.98 Å². The summed E-state index contributed by atoms with van der Waals surface area (Å²) in [6, 6.07) is 4.51. The maximum absolute atomic E-state index is 14.1. The first-order valence-corrected chi connectivity index (χ1v) is 8.07. The number of rotatable bonds is 2. The summed E-state index contributed by atoms with van der Waals surface area (Å²) in [7, 11) is 0. The average Bonchev–Trinajstić information content (AvgIpc) is 3.03. The molecular weight excluding hydrogens is 325 g/mol. The summed E-state index contributed by atoms with van der Waals surface area (Å²) in [4.78, 5) is 8.81. The van der Waals surface area contributed by atoms with Crippen molar-refractivity contribution in [2.45, 2.75) is 26.2 Å². The topological polar surface area (TPSA) is 83.2 Å². The van der Waals surface area contributed by atoms with Crippen LogP contribution < -0.4 is 4.73 Å². The molecule has 4 aromatic rings. The average molecular weight is 339 g/mol. The van der Waals surface area contributed by atoms with Gasteiger partial charge in [-0.2, -0.15) is 14.1 Å². The molecule has 0 N–H and O–H groups in total. The fourth-order valence-electron chi connectivity index (χ4n) is 3.35. The summed E-state index contributed by atoms with van der Waals surface area (Å²) >= 11 is 0. The first-order valence-electron chi connectivity index (χ1n) is 8.07. The van der Waals surface area contributed by atoms with E-state index in [4.69, 9.17) is 4.52 Å². The second-order valence-corrected chi connectivity index (χ2v) is 6.57. The van der Waals surface area contributed by atoms with Gasteiger partial charge >= 0.3 is 0 Å². The van der Waals surface area contributed by atoms with E-state index in [0.29, 0.717) is 50.7 Å². The van der Waals surface area contributed by atoms with Crippen LogP contribution in [0.5, 0.6) is 0 Å². The minimum absolute atomic E-state index is 0.0166. The molecule has 8 heteroatoms. The molecule has 7 nitrogen and oxygen atoms in total. The Bertz CT molecular complexity index is 1150. The largest absolute Gasteiger partial charge is 0.618 e. The molecule has 0 amide bonds. The van der Waals surface area contributed by atoms with E-state index in [1.165, 1.54) is 6.07 Å². The Morgan fingerprint density at radius 2 is 2.20 bits per heavy atom. The molecule has 0 aliphatic heterocycles. The Morgan fingerprint density at radius 1 is 1.40 bits per heavy atom. The fraction of sp³-hybridized carbons (Fsp3) is 0.294. The molecule has 126 valence electrons. The lowest BCUT2D eigenvalue weighted by Gasteiger charge is -2.08. The lowest BCUT2D eigenvalue weighted by molar-refractivity contribution is -0.584. The van der Waals surface area contributed by atoms with Crippen LogP contribution in [0.25, 0.3) is 28.1 Å². The highest BCUT2D eigenvalue weighted by Gasteiger charge is 2.39. The number of nitrogens with zero attached hydrogens (tertiary/aromatic N) is 5. The van der Waals surface area contributed by atoms with Crippen LogP contribution >= 0.6 is 0 Å². The highest BCUT2D eigenvalue weighted by Crippen LogP contribution is 2.46. The van der Waals surface area contributed by atoms with Gasteiger partial charge in [0.1, 0.15) is 23.1 Å². The van der Waals surface area contributed by atoms with Gasteiger partial charge in [-0.15, -0.1) is 0 Å². The first kappa shape index (κ1) is 14.3. The Hall–Kier alpha value is -3.03. The smallest absolute Gasteiger partial charge is 0.277 e. The monoisotopic (exact) mass is 339 g/mol. The van der Waals surface area contributed by atoms with E-state index < -0.39 is 5.82 Å². The Kier molecular flexibility index (Phi) is 2.72. The lowest BCUT2D eigenvalue weighted by atomic mass is 10.2. The summed E-state index contributed by atoms with van der Waals surface area (Å²) < 4.78 is 21.8. The molecule has 1 aliphatic rings. The van der Waals surface area contributed by atoms with Crippen LogP contribution in [0, 0.1) is 23.9 Å². The molecule has 1 fully saturated rings. The van der Waals surface area contributed by atoms with Gasteiger partial charge in [0.15, 0.2) is 5.82 Å². The number of halogens is 1. The van der Waals surface area contributed by atoms with E-state index >= 15 is 0 Å². The third-order valence-corrected chi connectivity index (χ3v) is 4.92. The number of hydrogen-bond acceptors (Lipinski definition) is 5. The Balaban J connectivity index is 1.78. The summed E-state index contributed by atoms with van der Waals surface area (Å²) in [6.07, 6.45) is 2.59. The van der Waals surface area contributed by atoms with Crippen LogP contribution in [-0.4, -0.2) is 19.5 Å². The van der Waals surface area contributed by atoms with Crippen molar-refractivity contribution < 1.29 is 13.6 Å². The van der Waals surface area contributed by atoms with Gasteiger partial charge in [0.05, 0.1) is 0 Å². The lowest BCUT2D eigenvalue weighted by Crippen LogP contribution is -2.33. The zero-order chi connectivity index (χ0) is 17.3. The molecule has 1 saturated carbocycles. The number of fused-ring (bicyclic) bond motifs is 3. The Morgan fingerprint density at radius 3 is 2.96 bits per heavy atom. The molecular formula is C17H14FN5O2. The van der Waals surface area contributed by atoms with Crippen molar-refractivity contribution in [3.8, 4) is 11.5 Å². The van der Waals surface area contributed by atoms with Gasteiger partial charge in [-0.1, -0.05) is 18.1 Å². The molecule has 1 aliphatic carbocycles. The number of imidazole rings is 1. The summed E-state index contributed by atoms with van der Waals surface area (Å²) in [6.45, 7) is 3.76. The van der Waals surface area contributed by atoms with Gasteiger partial charge in [0.2, 0.25) is 17.4 Å². The third-order valence-electron chi connectivity index (χ3n) is 4.92. The van der Waals surface area contributed by atoms with E-state index in [1.807, 2.05) is 0 Å². The predicted octanol–water partition coefficient (Wildman–Crippen LogP) is 2.74. The minimum Gasteiger partial charge on any atom is -0.618 e. The van der Waals surface area contributed by atoms with Crippen LogP contribution in [-0.2, 0) is 0 Å². The number of hydrogen-bond donors (Lipinski definition) is 0. The van der Waals surface area contributed by atoms with Crippen molar-refractivity contribution in [3.63, 3.8) is 0 Å². The Labute approximate surface area is 141 Å². The molecule has 0 saturated heterocycles. The standard InChI is InChI=1S/C17H14FN5O2/c1-8-6-10(8)17-20-16(21-25-17)13-14-9(2)23(24)15-11(18)4-3-5-12(15)22(14)7-19-13/h3-5,7-8,10H,6H2,1-2H3. The van der Waals surface area contributed by atoms with Gasteiger partial charge in [0.25, 0.3) is 5.52 Å². The molecule has 3 aromatic heterocycles. The highest BCUT2D eigenvalue weighted by molar-refractivity contribution is 5.82. The minimum atomic E-state index is -0.572. The zero-order valence-corrected chi connectivity index (χ0v) is 13.6. The first-order chi connectivity index (χ1) is 12.1. The van der Waals surface area contributed by atoms with Gasteiger partial charge < -0.3 is 9.73 Å². The maximum atomic E-state index is 14.1.